The zero-order chi connectivity index (χ0) is 17.1. The Morgan fingerprint density at radius 1 is 0.880 bits per heavy atom. The van der Waals surface area contributed by atoms with Gasteiger partial charge in [-0.15, -0.1) is 0 Å². The van der Waals surface area contributed by atoms with E-state index in [1.165, 1.54) is 0 Å². The summed E-state index contributed by atoms with van der Waals surface area (Å²) in [6.07, 6.45) is 4.06. The van der Waals surface area contributed by atoms with Crippen molar-refractivity contribution in [2.24, 2.45) is 0 Å². The number of para-hydroxylation sites is 2. The highest BCUT2D eigenvalue weighted by Gasteiger charge is 2.17. The van der Waals surface area contributed by atoms with E-state index in [2.05, 4.69) is 4.90 Å². The van der Waals surface area contributed by atoms with Crippen LogP contribution in [0.2, 0.25) is 5.02 Å². The van der Waals surface area contributed by atoms with Crippen molar-refractivity contribution >= 4 is 40.6 Å². The fraction of sp³-hybridized carbons (Fsp3) is 0.200. The van der Waals surface area contributed by atoms with E-state index in [9.17, 15) is 0 Å². The van der Waals surface area contributed by atoms with Crippen LogP contribution in [0.5, 0.6) is 0 Å². The summed E-state index contributed by atoms with van der Waals surface area (Å²) in [5.74, 6) is 0.909. The van der Waals surface area contributed by atoms with Gasteiger partial charge in [0.15, 0.2) is 5.82 Å². The molecule has 1 aliphatic rings. The van der Waals surface area contributed by atoms with Crippen LogP contribution in [0.1, 0.15) is 11.3 Å². The summed E-state index contributed by atoms with van der Waals surface area (Å²) < 4.78 is 5.47. The zero-order valence-corrected chi connectivity index (χ0v) is 14.5. The molecule has 0 radical (unpaired) electrons. The molecule has 126 valence electrons. The summed E-state index contributed by atoms with van der Waals surface area (Å²) in [4.78, 5) is 11.9. The fourth-order valence-electron chi connectivity index (χ4n) is 2.87. The third-order valence-electron chi connectivity index (χ3n) is 4.19. The van der Waals surface area contributed by atoms with Crippen LogP contribution in [0, 0.1) is 0 Å². The second-order valence-electron chi connectivity index (χ2n) is 5.91. The van der Waals surface area contributed by atoms with Gasteiger partial charge in [0.05, 0.1) is 24.2 Å². The summed E-state index contributed by atoms with van der Waals surface area (Å²) in [5.41, 5.74) is 3.76. The number of hydrogen-bond acceptors (Lipinski definition) is 4. The van der Waals surface area contributed by atoms with Crippen molar-refractivity contribution in [3.05, 3.63) is 64.8 Å². The lowest BCUT2D eigenvalue weighted by molar-refractivity contribution is 0.122. The van der Waals surface area contributed by atoms with Gasteiger partial charge in [0.2, 0.25) is 0 Å². The number of anilines is 1. The van der Waals surface area contributed by atoms with Gasteiger partial charge in [0.1, 0.15) is 5.69 Å². The summed E-state index contributed by atoms with van der Waals surface area (Å²) >= 11 is 5.96. The first-order valence-corrected chi connectivity index (χ1v) is 8.70. The van der Waals surface area contributed by atoms with Crippen LogP contribution >= 0.6 is 11.6 Å². The minimum Gasteiger partial charge on any atom is -0.378 e. The van der Waals surface area contributed by atoms with E-state index in [1.54, 1.807) is 0 Å². The van der Waals surface area contributed by atoms with Gasteiger partial charge in [0, 0.05) is 18.1 Å². The van der Waals surface area contributed by atoms with Gasteiger partial charge in [-0.2, -0.15) is 0 Å². The van der Waals surface area contributed by atoms with Crippen LogP contribution in [0.25, 0.3) is 23.2 Å². The van der Waals surface area contributed by atoms with Gasteiger partial charge in [-0.25, -0.2) is 9.97 Å². The lowest BCUT2D eigenvalue weighted by Gasteiger charge is -2.28. The van der Waals surface area contributed by atoms with Crippen LogP contribution in [-0.4, -0.2) is 36.3 Å². The van der Waals surface area contributed by atoms with Crippen molar-refractivity contribution in [3.63, 3.8) is 0 Å². The van der Waals surface area contributed by atoms with Crippen molar-refractivity contribution in [1.82, 2.24) is 9.97 Å². The molecule has 0 N–H and O–H groups in total. The minimum atomic E-state index is 0.717. The number of fused-ring (bicyclic) bond motifs is 1. The number of aromatic nitrogens is 2. The molecule has 1 fully saturated rings. The van der Waals surface area contributed by atoms with E-state index in [4.69, 9.17) is 26.3 Å². The van der Waals surface area contributed by atoms with Crippen molar-refractivity contribution in [2.75, 3.05) is 31.2 Å². The van der Waals surface area contributed by atoms with Gasteiger partial charge in [-0.05, 0) is 35.9 Å². The predicted molar refractivity (Wildman–Crippen MR) is 103 cm³/mol. The fourth-order valence-corrected chi connectivity index (χ4v) is 3.00. The molecule has 5 heteroatoms. The predicted octanol–water partition coefficient (Wildman–Crippen LogP) is 4.29. The third kappa shape index (κ3) is 3.65. The van der Waals surface area contributed by atoms with E-state index in [0.717, 1.165) is 59.4 Å². The highest BCUT2D eigenvalue weighted by Crippen LogP contribution is 2.23. The molecule has 4 nitrogen and oxygen atoms in total. The topological polar surface area (TPSA) is 38.2 Å². The average Bonchev–Trinajstić information content (AvgIpc) is 2.67. The second-order valence-corrected chi connectivity index (χ2v) is 6.34. The zero-order valence-electron chi connectivity index (χ0n) is 13.7. The van der Waals surface area contributed by atoms with Crippen molar-refractivity contribution < 1.29 is 4.74 Å². The Kier molecular flexibility index (Phi) is 4.63. The Morgan fingerprint density at radius 2 is 1.56 bits per heavy atom. The molecule has 3 aromatic rings. The molecule has 0 bridgehead atoms. The molecule has 0 aliphatic carbocycles. The summed E-state index contributed by atoms with van der Waals surface area (Å²) in [5, 5.41) is 0.733. The van der Waals surface area contributed by atoms with E-state index in [1.807, 2.05) is 60.7 Å². The van der Waals surface area contributed by atoms with Gasteiger partial charge >= 0.3 is 0 Å². The molecule has 0 atom stereocenters. The van der Waals surface area contributed by atoms with Crippen molar-refractivity contribution in [3.8, 4) is 0 Å². The third-order valence-corrected chi connectivity index (χ3v) is 4.44. The highest BCUT2D eigenvalue weighted by molar-refractivity contribution is 6.30. The first kappa shape index (κ1) is 16.1. The number of ether oxygens (including phenoxy) is 1. The number of morpholine rings is 1. The maximum atomic E-state index is 5.96. The van der Waals surface area contributed by atoms with Gasteiger partial charge in [-0.3, -0.25) is 0 Å². The smallest absolute Gasteiger partial charge is 0.155 e. The molecule has 25 heavy (non-hydrogen) atoms. The number of hydrogen-bond donors (Lipinski definition) is 0. The minimum absolute atomic E-state index is 0.717. The molecular weight excluding hydrogens is 334 g/mol. The summed E-state index contributed by atoms with van der Waals surface area (Å²) in [6.45, 7) is 3.09. The van der Waals surface area contributed by atoms with E-state index in [-0.39, 0.29) is 0 Å². The van der Waals surface area contributed by atoms with E-state index in [0.29, 0.717) is 0 Å². The normalized spacial score (nSPS) is 15.2. The van der Waals surface area contributed by atoms with E-state index < -0.39 is 0 Å². The molecule has 2 heterocycles. The first-order chi connectivity index (χ1) is 12.3. The number of nitrogens with zero attached hydrogens (tertiary/aromatic N) is 3. The van der Waals surface area contributed by atoms with Gasteiger partial charge < -0.3 is 9.64 Å². The van der Waals surface area contributed by atoms with Gasteiger partial charge in [0.25, 0.3) is 0 Å². The molecule has 1 aromatic heterocycles. The monoisotopic (exact) mass is 351 g/mol. The molecule has 0 saturated carbocycles. The van der Waals surface area contributed by atoms with Crippen molar-refractivity contribution in [2.45, 2.75) is 0 Å². The maximum absolute atomic E-state index is 5.96. The molecule has 0 spiro atoms. The first-order valence-electron chi connectivity index (χ1n) is 8.33. The van der Waals surface area contributed by atoms with Crippen LogP contribution in [0.4, 0.5) is 5.82 Å². The molecule has 0 unspecified atom stereocenters. The Morgan fingerprint density at radius 3 is 2.28 bits per heavy atom. The largest absolute Gasteiger partial charge is 0.378 e. The number of rotatable bonds is 3. The Hall–Kier alpha value is -2.43. The summed E-state index contributed by atoms with van der Waals surface area (Å²) in [7, 11) is 0. The molecule has 1 saturated heterocycles. The molecule has 4 rings (SSSR count). The Labute approximate surface area is 151 Å². The standard InChI is InChI=1S/C20H18ClN3O/c21-16-8-5-15(6-9-16)7-10-19-20(24-11-13-25-14-12-24)23-18-4-2-1-3-17(18)22-19/h1-10H,11-14H2. The van der Waals surface area contributed by atoms with Gasteiger partial charge in [-0.1, -0.05) is 41.9 Å². The lowest BCUT2D eigenvalue weighted by Crippen LogP contribution is -2.37. The highest BCUT2D eigenvalue weighted by atomic mass is 35.5. The quantitative estimate of drug-likeness (QED) is 0.705. The van der Waals surface area contributed by atoms with E-state index >= 15 is 0 Å². The molecule has 1 aliphatic heterocycles. The average molecular weight is 352 g/mol. The van der Waals surface area contributed by atoms with Crippen LogP contribution in [-0.2, 0) is 4.74 Å². The molecule has 2 aromatic carbocycles. The Bertz CT molecular complexity index is 902. The molecular formula is C20H18ClN3O. The lowest BCUT2D eigenvalue weighted by atomic mass is 10.2. The Balaban J connectivity index is 1.75. The van der Waals surface area contributed by atoms with Crippen LogP contribution in [0.15, 0.2) is 48.5 Å². The van der Waals surface area contributed by atoms with Crippen molar-refractivity contribution in [1.29, 1.82) is 0 Å². The summed E-state index contributed by atoms with van der Waals surface area (Å²) in [6, 6.07) is 15.7. The maximum Gasteiger partial charge on any atom is 0.155 e. The number of halogens is 1. The number of benzene rings is 2. The van der Waals surface area contributed by atoms with Crippen LogP contribution < -0.4 is 4.90 Å². The van der Waals surface area contributed by atoms with Crippen LogP contribution in [0.3, 0.4) is 0 Å². The second kappa shape index (κ2) is 7.21. The SMILES string of the molecule is Clc1ccc(C=Cc2nc3ccccc3nc2N2CCOCC2)cc1. The molecule has 0 amide bonds.